The number of halogens is 2. The molecule has 0 aliphatic carbocycles. The van der Waals surface area contributed by atoms with Crippen LogP contribution in [0.2, 0.25) is 0 Å². The Morgan fingerprint density at radius 2 is 2.16 bits per heavy atom. The van der Waals surface area contributed by atoms with Crippen molar-refractivity contribution in [1.82, 2.24) is 4.98 Å². The molecule has 0 amide bonds. The smallest absolute Gasteiger partial charge is 0.387 e. The molecule has 1 aromatic rings. The van der Waals surface area contributed by atoms with Gasteiger partial charge in [0, 0.05) is 29.7 Å². The van der Waals surface area contributed by atoms with Crippen molar-refractivity contribution in [2.75, 3.05) is 5.73 Å². The number of nitrogens with zero attached hydrogens (tertiary/aromatic N) is 2. The number of aromatic nitrogens is 1. The lowest BCUT2D eigenvalue weighted by atomic mass is 10.2. The number of nitrogens with two attached hydrogens (primary N) is 2. The van der Waals surface area contributed by atoms with Gasteiger partial charge in [0.2, 0.25) is 0 Å². The quantitative estimate of drug-likeness (QED) is 0.802. The second-order valence-corrected chi connectivity index (χ2v) is 4.00. The molecule has 0 saturated carbocycles. The van der Waals surface area contributed by atoms with E-state index in [1.165, 1.54) is 12.3 Å². The van der Waals surface area contributed by atoms with Gasteiger partial charge >= 0.3 is 6.61 Å². The lowest BCUT2D eigenvalue weighted by Gasteiger charge is -2.08. The van der Waals surface area contributed by atoms with Gasteiger partial charge in [-0.2, -0.15) is 8.78 Å². The maximum absolute atomic E-state index is 12.2. The highest BCUT2D eigenvalue weighted by Crippen LogP contribution is 2.24. The molecule has 7 heteroatoms. The van der Waals surface area contributed by atoms with Gasteiger partial charge in [-0.3, -0.25) is 4.99 Å². The third kappa shape index (κ3) is 4.90. The molecule has 1 aromatic heterocycles. The summed E-state index contributed by atoms with van der Waals surface area (Å²) in [6, 6.07) is 1.45. The fourth-order valence-electron chi connectivity index (χ4n) is 1.20. The van der Waals surface area contributed by atoms with Crippen LogP contribution in [0, 0.1) is 0 Å². The average molecular weight is 270 g/mol. The number of aliphatic imine (C=N–C) groups is 1. The van der Waals surface area contributed by atoms with E-state index in [-0.39, 0.29) is 17.6 Å². The van der Waals surface area contributed by atoms with Crippen molar-refractivity contribution >= 4 is 17.7 Å². The molecular formula is C12H16F2N4O. The number of hydrogen-bond acceptors (Lipinski definition) is 5. The summed E-state index contributed by atoms with van der Waals surface area (Å²) in [6.07, 6.45) is 4.48. The molecule has 104 valence electrons. The number of pyridine rings is 1. The van der Waals surface area contributed by atoms with E-state index in [0.29, 0.717) is 11.3 Å². The van der Waals surface area contributed by atoms with Crippen LogP contribution in [0.25, 0.3) is 5.70 Å². The number of anilines is 1. The lowest BCUT2D eigenvalue weighted by Crippen LogP contribution is -2.07. The molecule has 0 atom stereocenters. The Kier molecular flexibility index (Phi) is 5.23. The van der Waals surface area contributed by atoms with Crippen LogP contribution in [-0.2, 0) is 0 Å². The number of alkyl halides is 2. The molecule has 0 fully saturated rings. The van der Waals surface area contributed by atoms with Gasteiger partial charge in [-0.05, 0) is 26.0 Å². The monoisotopic (exact) mass is 270 g/mol. The van der Waals surface area contributed by atoms with Crippen molar-refractivity contribution in [1.29, 1.82) is 0 Å². The van der Waals surface area contributed by atoms with E-state index >= 15 is 0 Å². The maximum Gasteiger partial charge on any atom is 0.387 e. The summed E-state index contributed by atoms with van der Waals surface area (Å²) in [6.45, 7) is 0.867. The van der Waals surface area contributed by atoms with Crippen LogP contribution < -0.4 is 16.2 Å². The van der Waals surface area contributed by atoms with Crippen molar-refractivity contribution in [2.45, 2.75) is 26.5 Å². The van der Waals surface area contributed by atoms with Crippen molar-refractivity contribution in [2.24, 2.45) is 10.7 Å². The van der Waals surface area contributed by atoms with Gasteiger partial charge in [-0.1, -0.05) is 0 Å². The SMILES string of the molecule is CC(C)N=CC=C(N)c1cnc(N)c(OC(F)F)c1. The number of allylic oxidation sites excluding steroid dienone is 1. The molecule has 19 heavy (non-hydrogen) atoms. The van der Waals surface area contributed by atoms with Crippen LogP contribution >= 0.6 is 0 Å². The summed E-state index contributed by atoms with van der Waals surface area (Å²) in [4.78, 5) is 7.85. The van der Waals surface area contributed by atoms with E-state index in [9.17, 15) is 8.78 Å². The van der Waals surface area contributed by atoms with E-state index in [1.54, 1.807) is 12.3 Å². The zero-order valence-corrected chi connectivity index (χ0v) is 10.7. The average Bonchev–Trinajstić information content (AvgIpc) is 2.30. The molecule has 0 saturated heterocycles. The van der Waals surface area contributed by atoms with E-state index in [0.717, 1.165) is 0 Å². The number of nitrogen functional groups attached to an aromatic ring is 1. The molecule has 0 spiro atoms. The molecule has 5 nitrogen and oxygen atoms in total. The molecule has 0 aliphatic heterocycles. The zero-order valence-electron chi connectivity index (χ0n) is 10.7. The second kappa shape index (κ2) is 6.67. The minimum atomic E-state index is -2.97. The fraction of sp³-hybridized carbons (Fsp3) is 0.333. The highest BCUT2D eigenvalue weighted by Gasteiger charge is 2.10. The third-order valence-corrected chi connectivity index (χ3v) is 2.07. The Balaban J connectivity index is 2.95. The summed E-state index contributed by atoms with van der Waals surface area (Å²) >= 11 is 0. The van der Waals surface area contributed by atoms with Gasteiger partial charge in [0.15, 0.2) is 11.6 Å². The van der Waals surface area contributed by atoms with Crippen LogP contribution in [0.15, 0.2) is 23.3 Å². The van der Waals surface area contributed by atoms with Gasteiger partial charge < -0.3 is 16.2 Å². The Bertz CT molecular complexity index is 487. The predicted molar refractivity (Wildman–Crippen MR) is 71.1 cm³/mol. The van der Waals surface area contributed by atoms with Crippen LogP contribution in [0.4, 0.5) is 14.6 Å². The summed E-state index contributed by atoms with van der Waals surface area (Å²) in [5.74, 6) is -0.322. The van der Waals surface area contributed by atoms with Crippen molar-refractivity contribution in [3.63, 3.8) is 0 Å². The van der Waals surface area contributed by atoms with Crippen molar-refractivity contribution in [3.8, 4) is 5.75 Å². The van der Waals surface area contributed by atoms with E-state index in [4.69, 9.17) is 11.5 Å². The fourth-order valence-corrected chi connectivity index (χ4v) is 1.20. The first kappa shape index (κ1) is 14.9. The predicted octanol–water partition coefficient (Wildman–Crippen LogP) is 2.04. The molecule has 1 heterocycles. The van der Waals surface area contributed by atoms with Crippen molar-refractivity contribution in [3.05, 3.63) is 23.9 Å². The highest BCUT2D eigenvalue weighted by atomic mass is 19.3. The first-order valence-corrected chi connectivity index (χ1v) is 5.59. The Morgan fingerprint density at radius 1 is 1.47 bits per heavy atom. The maximum atomic E-state index is 12.2. The Morgan fingerprint density at radius 3 is 2.74 bits per heavy atom. The largest absolute Gasteiger partial charge is 0.431 e. The molecule has 0 radical (unpaired) electrons. The number of rotatable bonds is 5. The molecule has 0 aliphatic rings. The number of hydrogen-bond donors (Lipinski definition) is 2. The van der Waals surface area contributed by atoms with Gasteiger partial charge in [0.05, 0.1) is 0 Å². The third-order valence-electron chi connectivity index (χ3n) is 2.07. The molecule has 1 rings (SSSR count). The van der Waals surface area contributed by atoms with E-state index in [2.05, 4.69) is 14.7 Å². The summed E-state index contributed by atoms with van der Waals surface area (Å²) < 4.78 is 28.5. The molecule has 0 unspecified atom stereocenters. The van der Waals surface area contributed by atoms with E-state index in [1.807, 2.05) is 13.8 Å². The highest BCUT2D eigenvalue weighted by molar-refractivity contribution is 5.83. The van der Waals surface area contributed by atoms with Gasteiger partial charge in [0.1, 0.15) is 0 Å². The van der Waals surface area contributed by atoms with Gasteiger partial charge in [0.25, 0.3) is 0 Å². The first-order valence-electron chi connectivity index (χ1n) is 5.59. The summed E-state index contributed by atoms with van der Waals surface area (Å²) in [7, 11) is 0. The minimum absolute atomic E-state index is 0.118. The van der Waals surface area contributed by atoms with Crippen LogP contribution in [0.1, 0.15) is 19.4 Å². The minimum Gasteiger partial charge on any atom is -0.431 e. The second-order valence-electron chi connectivity index (χ2n) is 4.00. The van der Waals surface area contributed by atoms with Crippen LogP contribution in [-0.4, -0.2) is 23.9 Å². The van der Waals surface area contributed by atoms with Crippen LogP contribution in [0.3, 0.4) is 0 Å². The summed E-state index contributed by atoms with van der Waals surface area (Å²) in [5.41, 5.74) is 12.0. The topological polar surface area (TPSA) is 86.5 Å². The lowest BCUT2D eigenvalue weighted by molar-refractivity contribution is -0.0495. The standard InChI is InChI=1S/C12H16F2N4O/c1-7(2)17-4-3-9(15)8-5-10(19-12(13)14)11(16)18-6-8/h3-7,12H,15H2,1-2H3,(H2,16,18). The van der Waals surface area contributed by atoms with E-state index < -0.39 is 6.61 Å². The first-order chi connectivity index (χ1) is 8.90. The molecule has 0 aromatic carbocycles. The number of ether oxygens (including phenoxy) is 1. The Hall–Kier alpha value is -2.18. The molecule has 4 N–H and O–H groups in total. The van der Waals surface area contributed by atoms with Crippen LogP contribution in [0.5, 0.6) is 5.75 Å². The Labute approximate surface area is 110 Å². The van der Waals surface area contributed by atoms with Gasteiger partial charge in [-0.15, -0.1) is 0 Å². The zero-order chi connectivity index (χ0) is 14.4. The summed E-state index contributed by atoms with van der Waals surface area (Å²) in [5, 5.41) is 0. The molecular weight excluding hydrogens is 254 g/mol. The molecule has 0 bridgehead atoms. The van der Waals surface area contributed by atoms with Gasteiger partial charge in [-0.25, -0.2) is 4.98 Å². The van der Waals surface area contributed by atoms with Crippen molar-refractivity contribution < 1.29 is 13.5 Å². The normalized spacial score (nSPS) is 12.6.